The molecule has 0 bridgehead atoms. The Morgan fingerprint density at radius 3 is 2.72 bits per heavy atom. The molecule has 1 heterocycles. The Kier molecular flexibility index (Phi) is 4.02. The van der Waals surface area contributed by atoms with Gasteiger partial charge in [-0.3, -0.25) is 0 Å². The Morgan fingerprint density at radius 2 is 2.11 bits per heavy atom. The summed E-state index contributed by atoms with van der Waals surface area (Å²) in [6, 6.07) is 8.45. The molecule has 1 aromatic heterocycles. The lowest BCUT2D eigenvalue weighted by atomic mass is 10.1. The van der Waals surface area contributed by atoms with Crippen molar-refractivity contribution >= 4 is 11.6 Å². The lowest BCUT2D eigenvalue weighted by Gasteiger charge is -2.10. The molecule has 1 aromatic carbocycles. The molecule has 0 fully saturated rings. The molecule has 0 radical (unpaired) electrons. The normalized spacial score (nSPS) is 11.2. The monoisotopic (exact) mass is 263 g/mol. The molecule has 0 aliphatic carbocycles. The first-order valence-corrected chi connectivity index (χ1v) is 6.69. The van der Waals surface area contributed by atoms with E-state index in [1.54, 1.807) is 0 Å². The minimum atomic E-state index is 0.374. The van der Waals surface area contributed by atoms with Crippen LogP contribution >= 0.6 is 11.6 Å². The van der Waals surface area contributed by atoms with Crippen LogP contribution in [0, 0.1) is 6.92 Å². The Morgan fingerprint density at radius 1 is 1.33 bits per heavy atom. The standard InChI is InChI=1S/C14H18ClN3/c1-10(2)14-13(8-15)16-17-18(14)9-12-6-4-5-11(3)7-12/h4-7,10H,8-9H2,1-3H3. The van der Waals surface area contributed by atoms with E-state index < -0.39 is 0 Å². The van der Waals surface area contributed by atoms with Crippen LogP contribution in [0.3, 0.4) is 0 Å². The second kappa shape index (κ2) is 5.53. The molecule has 18 heavy (non-hydrogen) atoms. The first kappa shape index (κ1) is 13.1. The van der Waals surface area contributed by atoms with Gasteiger partial charge >= 0.3 is 0 Å². The third-order valence-electron chi connectivity index (χ3n) is 2.94. The minimum absolute atomic E-state index is 0.374. The number of aryl methyl sites for hydroxylation is 1. The van der Waals surface area contributed by atoms with Crippen molar-refractivity contribution in [2.24, 2.45) is 0 Å². The van der Waals surface area contributed by atoms with Gasteiger partial charge in [0.05, 0.1) is 18.1 Å². The quantitative estimate of drug-likeness (QED) is 0.791. The Bertz CT molecular complexity index is 532. The summed E-state index contributed by atoms with van der Waals surface area (Å²) < 4.78 is 1.96. The fraction of sp³-hybridized carbons (Fsp3) is 0.429. The molecule has 0 amide bonds. The van der Waals surface area contributed by atoms with Gasteiger partial charge in [0, 0.05) is 0 Å². The van der Waals surface area contributed by atoms with Crippen molar-refractivity contribution in [3.63, 3.8) is 0 Å². The summed E-state index contributed by atoms with van der Waals surface area (Å²) in [5, 5.41) is 8.37. The van der Waals surface area contributed by atoms with Crippen LogP contribution in [0.15, 0.2) is 24.3 Å². The molecule has 2 aromatic rings. The predicted molar refractivity (Wildman–Crippen MR) is 73.9 cm³/mol. The molecule has 4 heteroatoms. The lowest BCUT2D eigenvalue weighted by molar-refractivity contribution is 0.597. The van der Waals surface area contributed by atoms with Gasteiger partial charge in [0.2, 0.25) is 0 Å². The summed E-state index contributed by atoms with van der Waals surface area (Å²) >= 11 is 5.90. The van der Waals surface area contributed by atoms with Crippen LogP contribution in [-0.4, -0.2) is 15.0 Å². The Hall–Kier alpha value is -1.35. The van der Waals surface area contributed by atoms with E-state index in [-0.39, 0.29) is 0 Å². The number of hydrogen-bond acceptors (Lipinski definition) is 2. The maximum atomic E-state index is 5.90. The minimum Gasteiger partial charge on any atom is -0.244 e. The molecule has 0 aliphatic rings. The van der Waals surface area contributed by atoms with Gasteiger partial charge in [-0.05, 0) is 18.4 Å². The number of hydrogen-bond donors (Lipinski definition) is 0. The number of rotatable bonds is 4. The van der Waals surface area contributed by atoms with Crippen molar-refractivity contribution in [1.29, 1.82) is 0 Å². The van der Waals surface area contributed by atoms with Gasteiger partial charge in [0.25, 0.3) is 0 Å². The zero-order valence-corrected chi connectivity index (χ0v) is 11.8. The van der Waals surface area contributed by atoms with E-state index in [2.05, 4.69) is 55.3 Å². The summed E-state index contributed by atoms with van der Waals surface area (Å²) in [4.78, 5) is 0. The third-order valence-corrected chi connectivity index (χ3v) is 3.19. The summed E-state index contributed by atoms with van der Waals surface area (Å²) in [6.07, 6.45) is 0. The molecular formula is C14H18ClN3. The summed E-state index contributed by atoms with van der Waals surface area (Å²) in [7, 11) is 0. The highest BCUT2D eigenvalue weighted by Gasteiger charge is 2.15. The smallest absolute Gasteiger partial charge is 0.101 e. The van der Waals surface area contributed by atoms with Crippen molar-refractivity contribution in [3.8, 4) is 0 Å². The van der Waals surface area contributed by atoms with E-state index in [1.807, 2.05) is 4.68 Å². The van der Waals surface area contributed by atoms with Gasteiger partial charge < -0.3 is 0 Å². The highest BCUT2D eigenvalue weighted by atomic mass is 35.5. The third kappa shape index (κ3) is 2.72. The average molecular weight is 264 g/mol. The second-order valence-electron chi connectivity index (χ2n) is 4.86. The molecule has 96 valence electrons. The van der Waals surface area contributed by atoms with Crippen LogP contribution < -0.4 is 0 Å². The van der Waals surface area contributed by atoms with Gasteiger partial charge in [-0.1, -0.05) is 48.9 Å². The number of benzene rings is 1. The molecule has 2 rings (SSSR count). The van der Waals surface area contributed by atoms with Crippen molar-refractivity contribution in [2.45, 2.75) is 39.1 Å². The Balaban J connectivity index is 2.32. The largest absolute Gasteiger partial charge is 0.244 e. The van der Waals surface area contributed by atoms with Crippen LogP contribution in [0.25, 0.3) is 0 Å². The van der Waals surface area contributed by atoms with E-state index in [0.717, 1.165) is 17.9 Å². The SMILES string of the molecule is Cc1cccc(Cn2nnc(CCl)c2C(C)C)c1. The van der Waals surface area contributed by atoms with Crippen molar-refractivity contribution in [3.05, 3.63) is 46.8 Å². The van der Waals surface area contributed by atoms with Gasteiger partial charge in [-0.2, -0.15) is 0 Å². The highest BCUT2D eigenvalue weighted by Crippen LogP contribution is 2.20. The fourth-order valence-corrected chi connectivity index (χ4v) is 2.37. The molecule has 0 unspecified atom stereocenters. The topological polar surface area (TPSA) is 30.7 Å². The van der Waals surface area contributed by atoms with Crippen molar-refractivity contribution in [2.75, 3.05) is 0 Å². The molecule has 0 saturated carbocycles. The number of aromatic nitrogens is 3. The van der Waals surface area contributed by atoms with Gasteiger partial charge in [-0.15, -0.1) is 16.7 Å². The number of halogens is 1. The first-order valence-electron chi connectivity index (χ1n) is 6.15. The van der Waals surface area contributed by atoms with Crippen LogP contribution in [0.5, 0.6) is 0 Å². The molecule has 3 nitrogen and oxygen atoms in total. The van der Waals surface area contributed by atoms with E-state index in [0.29, 0.717) is 11.8 Å². The van der Waals surface area contributed by atoms with Crippen molar-refractivity contribution < 1.29 is 0 Å². The molecule has 0 N–H and O–H groups in total. The maximum Gasteiger partial charge on any atom is 0.101 e. The van der Waals surface area contributed by atoms with Gasteiger partial charge in [-0.25, -0.2) is 4.68 Å². The van der Waals surface area contributed by atoms with Crippen LogP contribution in [-0.2, 0) is 12.4 Å². The van der Waals surface area contributed by atoms with Crippen LogP contribution in [0.4, 0.5) is 0 Å². The highest BCUT2D eigenvalue weighted by molar-refractivity contribution is 6.16. The van der Waals surface area contributed by atoms with E-state index in [9.17, 15) is 0 Å². The van der Waals surface area contributed by atoms with Crippen LogP contribution in [0.1, 0.15) is 42.3 Å². The lowest BCUT2D eigenvalue weighted by Crippen LogP contribution is -2.08. The predicted octanol–water partition coefficient (Wildman–Crippen LogP) is 3.50. The summed E-state index contributed by atoms with van der Waals surface area (Å²) in [5.41, 5.74) is 4.52. The summed E-state index contributed by atoms with van der Waals surface area (Å²) in [6.45, 7) is 7.13. The number of alkyl halides is 1. The Labute approximate surface area is 113 Å². The molecule has 0 atom stereocenters. The zero-order valence-electron chi connectivity index (χ0n) is 11.0. The van der Waals surface area contributed by atoms with Crippen molar-refractivity contribution in [1.82, 2.24) is 15.0 Å². The van der Waals surface area contributed by atoms with E-state index >= 15 is 0 Å². The zero-order chi connectivity index (χ0) is 13.1. The van der Waals surface area contributed by atoms with E-state index in [4.69, 9.17) is 11.6 Å². The average Bonchev–Trinajstić information content (AvgIpc) is 2.72. The number of nitrogens with zero attached hydrogens (tertiary/aromatic N) is 3. The van der Waals surface area contributed by atoms with Gasteiger partial charge in [0.1, 0.15) is 5.69 Å². The molecule has 0 spiro atoms. The summed E-state index contributed by atoms with van der Waals surface area (Å²) in [5.74, 6) is 0.792. The molecular weight excluding hydrogens is 246 g/mol. The maximum absolute atomic E-state index is 5.90. The van der Waals surface area contributed by atoms with E-state index in [1.165, 1.54) is 11.1 Å². The van der Waals surface area contributed by atoms with Crippen LogP contribution in [0.2, 0.25) is 0 Å². The first-order chi connectivity index (χ1) is 8.61. The fourth-order valence-electron chi connectivity index (χ4n) is 2.18. The molecule has 0 aliphatic heterocycles. The second-order valence-corrected chi connectivity index (χ2v) is 5.12. The molecule has 0 saturated heterocycles. The van der Waals surface area contributed by atoms with Gasteiger partial charge in [0.15, 0.2) is 0 Å².